The van der Waals surface area contributed by atoms with Gasteiger partial charge < -0.3 is 66.3 Å². The summed E-state index contributed by atoms with van der Waals surface area (Å²) >= 11 is 0. The fourth-order valence-electron chi connectivity index (χ4n) is 3.04. The molecular weight excluding hydrogens is 612 g/mol. The fourth-order valence-corrected chi connectivity index (χ4v) is 3.04. The summed E-state index contributed by atoms with van der Waals surface area (Å²) in [5, 5.41) is 0. The number of rotatable bonds is 41. The first kappa shape index (κ1) is 44.7. The highest BCUT2D eigenvalue weighted by molar-refractivity contribution is 5.81. The zero-order valence-electron chi connectivity index (χ0n) is 28.0. The minimum absolute atomic E-state index is 0.197. The molecule has 0 saturated carbocycles. The highest BCUT2D eigenvalue weighted by atomic mass is 16.6. The second kappa shape index (κ2) is 41.7. The van der Waals surface area contributed by atoms with Gasteiger partial charge in [-0.2, -0.15) is 0 Å². The zero-order chi connectivity index (χ0) is 33.3. The Kier molecular flexibility index (Phi) is 40.5. The smallest absolute Gasteiger partial charge is 0.330 e. The van der Waals surface area contributed by atoms with Crippen molar-refractivity contribution in [2.45, 2.75) is 6.92 Å². The summed E-state index contributed by atoms with van der Waals surface area (Å²) in [6, 6.07) is 0. The van der Waals surface area contributed by atoms with Gasteiger partial charge in [-0.05, 0) is 6.92 Å². The molecule has 0 aromatic heterocycles. The van der Waals surface area contributed by atoms with Gasteiger partial charge in [0.1, 0.15) is 6.61 Å². The molecule has 0 aliphatic carbocycles. The minimum atomic E-state index is -0.460. The zero-order valence-corrected chi connectivity index (χ0v) is 28.0. The van der Waals surface area contributed by atoms with E-state index in [1.807, 2.05) is 6.92 Å². The fraction of sp³-hybridized carbons (Fsp3) is 0.903. The first-order valence-electron chi connectivity index (χ1n) is 16.1. The van der Waals surface area contributed by atoms with Crippen molar-refractivity contribution in [3.8, 4) is 0 Å². The van der Waals surface area contributed by atoms with Gasteiger partial charge in [-0.1, -0.05) is 6.58 Å². The van der Waals surface area contributed by atoms with Crippen LogP contribution in [-0.2, 0) is 71.1 Å². The summed E-state index contributed by atoms with van der Waals surface area (Å²) in [7, 11) is 0. The molecule has 0 amide bonds. The first-order valence-corrected chi connectivity index (χ1v) is 16.1. The van der Waals surface area contributed by atoms with E-state index in [4.69, 9.17) is 66.3 Å². The van der Waals surface area contributed by atoms with Crippen LogP contribution in [0.15, 0.2) is 12.7 Å². The van der Waals surface area contributed by atoms with Crippen LogP contribution in [0.5, 0.6) is 0 Å². The molecule has 0 aromatic carbocycles. The molecule has 46 heavy (non-hydrogen) atoms. The van der Waals surface area contributed by atoms with Gasteiger partial charge in [0.15, 0.2) is 0 Å². The summed E-state index contributed by atoms with van der Waals surface area (Å²) in [4.78, 5) is 10.8. The Labute approximate surface area is 275 Å². The molecule has 0 aromatic rings. The molecule has 0 aliphatic heterocycles. The lowest BCUT2D eigenvalue weighted by Crippen LogP contribution is -2.15. The SMILES string of the molecule is C=CC(=O)OCCOCCOCCOCCOCCOCCOCCOCCOCCOCCOCCOCCOCCOCC. The van der Waals surface area contributed by atoms with Crippen molar-refractivity contribution in [2.75, 3.05) is 178 Å². The van der Waals surface area contributed by atoms with Gasteiger partial charge in [0.05, 0.1) is 165 Å². The van der Waals surface area contributed by atoms with E-state index in [1.165, 1.54) is 0 Å². The third-order valence-corrected chi connectivity index (χ3v) is 5.31. The van der Waals surface area contributed by atoms with Gasteiger partial charge >= 0.3 is 5.97 Å². The van der Waals surface area contributed by atoms with Crippen molar-refractivity contribution in [3.63, 3.8) is 0 Å². The quantitative estimate of drug-likeness (QED) is 0.0516. The molecule has 0 saturated heterocycles. The lowest BCUT2D eigenvalue weighted by Gasteiger charge is -2.09. The number of ether oxygens (including phenoxy) is 14. The van der Waals surface area contributed by atoms with Crippen LogP contribution < -0.4 is 0 Å². The average molecular weight is 673 g/mol. The number of hydrogen-bond donors (Lipinski definition) is 0. The second-order valence-electron chi connectivity index (χ2n) is 8.92. The maximum Gasteiger partial charge on any atom is 0.330 e. The lowest BCUT2D eigenvalue weighted by molar-refractivity contribution is -0.139. The molecular formula is C31H60O15. The van der Waals surface area contributed by atoms with Gasteiger partial charge in [0.2, 0.25) is 0 Å². The lowest BCUT2D eigenvalue weighted by atomic mass is 10.6. The van der Waals surface area contributed by atoms with Crippen LogP contribution in [0.2, 0.25) is 0 Å². The van der Waals surface area contributed by atoms with Crippen molar-refractivity contribution in [2.24, 2.45) is 0 Å². The number of hydrogen-bond acceptors (Lipinski definition) is 15. The van der Waals surface area contributed by atoms with E-state index in [2.05, 4.69) is 6.58 Å². The van der Waals surface area contributed by atoms with Gasteiger partial charge in [0, 0.05) is 12.7 Å². The van der Waals surface area contributed by atoms with Crippen LogP contribution in [0.1, 0.15) is 6.92 Å². The van der Waals surface area contributed by atoms with Crippen LogP contribution in [0.4, 0.5) is 0 Å². The Morgan fingerprint density at radius 1 is 0.348 bits per heavy atom. The van der Waals surface area contributed by atoms with Gasteiger partial charge in [-0.3, -0.25) is 0 Å². The average Bonchev–Trinajstić information content (AvgIpc) is 3.07. The molecule has 0 heterocycles. The molecule has 15 heteroatoms. The number of esters is 1. The molecule has 0 aliphatic rings. The van der Waals surface area contributed by atoms with E-state index in [1.54, 1.807) is 0 Å². The first-order chi connectivity index (χ1) is 22.8. The van der Waals surface area contributed by atoms with Gasteiger partial charge in [-0.15, -0.1) is 0 Å². The third kappa shape index (κ3) is 40.7. The van der Waals surface area contributed by atoms with Crippen LogP contribution in [0.3, 0.4) is 0 Å². The third-order valence-electron chi connectivity index (χ3n) is 5.31. The van der Waals surface area contributed by atoms with E-state index >= 15 is 0 Å². The van der Waals surface area contributed by atoms with Crippen molar-refractivity contribution >= 4 is 5.97 Å². The van der Waals surface area contributed by atoms with Crippen molar-refractivity contribution < 1.29 is 71.1 Å². The topological polar surface area (TPSA) is 146 Å². The van der Waals surface area contributed by atoms with Crippen LogP contribution in [-0.4, -0.2) is 184 Å². The van der Waals surface area contributed by atoms with Gasteiger partial charge in [0.25, 0.3) is 0 Å². The molecule has 0 bridgehead atoms. The Morgan fingerprint density at radius 3 is 0.696 bits per heavy atom. The van der Waals surface area contributed by atoms with E-state index in [0.29, 0.717) is 172 Å². The Hall–Kier alpha value is -1.31. The van der Waals surface area contributed by atoms with E-state index in [9.17, 15) is 4.79 Å². The molecule has 0 N–H and O–H groups in total. The monoisotopic (exact) mass is 672 g/mol. The summed E-state index contributed by atoms with van der Waals surface area (Å²) in [6.45, 7) is 18.7. The highest BCUT2D eigenvalue weighted by Gasteiger charge is 1.98. The normalized spacial score (nSPS) is 11.3. The Balaban J connectivity index is 3.05. The van der Waals surface area contributed by atoms with Crippen molar-refractivity contribution in [3.05, 3.63) is 12.7 Å². The van der Waals surface area contributed by atoms with E-state index in [0.717, 1.165) is 6.08 Å². The minimum Gasteiger partial charge on any atom is -0.460 e. The largest absolute Gasteiger partial charge is 0.460 e. The summed E-state index contributed by atoms with van der Waals surface area (Å²) in [6.07, 6.45) is 1.11. The molecule has 0 radical (unpaired) electrons. The predicted octanol–water partition coefficient (Wildman–Crippen LogP) is 0.951. The molecule has 0 unspecified atom stereocenters. The van der Waals surface area contributed by atoms with Crippen LogP contribution in [0, 0.1) is 0 Å². The predicted molar refractivity (Wildman–Crippen MR) is 167 cm³/mol. The van der Waals surface area contributed by atoms with Gasteiger partial charge in [-0.25, -0.2) is 4.79 Å². The Morgan fingerprint density at radius 2 is 0.522 bits per heavy atom. The second-order valence-corrected chi connectivity index (χ2v) is 8.92. The Bertz CT molecular complexity index is 600. The summed E-state index contributed by atoms with van der Waals surface area (Å²) < 4.78 is 75.0. The molecule has 0 atom stereocenters. The summed E-state index contributed by atoms with van der Waals surface area (Å²) in [5.41, 5.74) is 0. The standard InChI is InChI=1S/C31H60O15/c1-3-31(32)46-30-29-45-28-27-44-26-25-43-24-23-42-22-21-41-20-19-40-18-17-39-16-15-38-14-13-37-12-11-36-10-9-35-8-7-34-6-5-33-4-2/h3H,1,4-30H2,2H3. The molecule has 0 rings (SSSR count). The highest BCUT2D eigenvalue weighted by Crippen LogP contribution is 1.88. The molecule has 15 nitrogen and oxygen atoms in total. The number of carbonyl (C=O) groups excluding carboxylic acids is 1. The van der Waals surface area contributed by atoms with E-state index in [-0.39, 0.29) is 6.61 Å². The molecule has 0 spiro atoms. The maximum atomic E-state index is 10.8. The summed E-state index contributed by atoms with van der Waals surface area (Å²) in [5.74, 6) is -0.460. The van der Waals surface area contributed by atoms with E-state index < -0.39 is 5.97 Å². The van der Waals surface area contributed by atoms with Crippen LogP contribution in [0.25, 0.3) is 0 Å². The van der Waals surface area contributed by atoms with Crippen molar-refractivity contribution in [1.29, 1.82) is 0 Å². The van der Waals surface area contributed by atoms with Crippen molar-refractivity contribution in [1.82, 2.24) is 0 Å². The maximum absolute atomic E-state index is 10.8. The molecule has 0 fully saturated rings. The number of carbonyl (C=O) groups is 1. The molecule has 274 valence electrons. The van der Waals surface area contributed by atoms with Crippen LogP contribution >= 0.6 is 0 Å².